The number of ether oxygens (including phenoxy) is 1. The van der Waals surface area contributed by atoms with Gasteiger partial charge in [-0.15, -0.1) is 0 Å². The van der Waals surface area contributed by atoms with Gasteiger partial charge in [-0.2, -0.15) is 4.98 Å². The van der Waals surface area contributed by atoms with Crippen molar-refractivity contribution in [3.8, 4) is 5.95 Å². The molecule has 1 amide bonds. The summed E-state index contributed by atoms with van der Waals surface area (Å²) in [5.74, 6) is 1.37. The second kappa shape index (κ2) is 9.27. The average molecular weight is 456 g/mol. The number of amides is 1. The third-order valence-electron chi connectivity index (χ3n) is 6.12. The van der Waals surface area contributed by atoms with Crippen LogP contribution in [0, 0.1) is 5.92 Å². The number of carbonyl (C=O) groups excluding carboxylic acids is 1. The molecule has 0 saturated heterocycles. The normalized spacial score (nSPS) is 13.3. The highest BCUT2D eigenvalue weighted by Gasteiger charge is 2.22. The van der Waals surface area contributed by atoms with Crippen LogP contribution in [-0.2, 0) is 30.7 Å². The van der Waals surface area contributed by atoms with Gasteiger partial charge in [0.2, 0.25) is 11.9 Å². The van der Waals surface area contributed by atoms with Gasteiger partial charge in [0.1, 0.15) is 5.82 Å². The van der Waals surface area contributed by atoms with Gasteiger partial charge in [-0.25, -0.2) is 4.98 Å². The summed E-state index contributed by atoms with van der Waals surface area (Å²) in [5, 5.41) is 4.34. The highest BCUT2D eigenvalue weighted by Crippen LogP contribution is 2.30. The monoisotopic (exact) mass is 455 g/mol. The third-order valence-corrected chi connectivity index (χ3v) is 6.12. The lowest BCUT2D eigenvalue weighted by Gasteiger charge is -2.21. The van der Waals surface area contributed by atoms with Crippen LogP contribution < -0.4 is 11.1 Å². The van der Waals surface area contributed by atoms with E-state index in [0.29, 0.717) is 37.2 Å². The van der Waals surface area contributed by atoms with Crippen LogP contribution in [-0.4, -0.2) is 27.0 Å². The van der Waals surface area contributed by atoms with Crippen molar-refractivity contribution in [3.05, 3.63) is 82.7 Å². The Bertz CT molecular complexity index is 1340. The molecule has 7 nitrogen and oxygen atoms in total. The molecule has 4 aromatic rings. The minimum atomic E-state index is -0.437. The molecular weight excluding hydrogens is 426 g/mol. The summed E-state index contributed by atoms with van der Waals surface area (Å²) in [6.07, 6.45) is 1.55. The molecule has 174 valence electrons. The number of carbonyl (C=O) groups is 1. The molecule has 1 aliphatic rings. The first-order valence-corrected chi connectivity index (χ1v) is 11.7. The zero-order valence-corrected chi connectivity index (χ0v) is 19.5. The first-order valence-electron chi connectivity index (χ1n) is 11.7. The van der Waals surface area contributed by atoms with Crippen molar-refractivity contribution in [2.75, 3.05) is 11.9 Å². The van der Waals surface area contributed by atoms with Gasteiger partial charge in [0.05, 0.1) is 24.4 Å². The van der Waals surface area contributed by atoms with E-state index in [-0.39, 0.29) is 0 Å². The van der Waals surface area contributed by atoms with E-state index in [1.54, 1.807) is 6.07 Å². The van der Waals surface area contributed by atoms with Crippen LogP contribution in [0.2, 0.25) is 0 Å². The molecule has 0 fully saturated rings. The van der Waals surface area contributed by atoms with Crippen LogP contribution in [0.5, 0.6) is 0 Å². The number of fused-ring (bicyclic) bond motifs is 2. The second-order valence-electron chi connectivity index (χ2n) is 9.11. The van der Waals surface area contributed by atoms with Crippen LogP contribution in [0.3, 0.4) is 0 Å². The summed E-state index contributed by atoms with van der Waals surface area (Å²) < 4.78 is 7.80. The largest absolute Gasteiger partial charge is 0.376 e. The predicted molar refractivity (Wildman–Crippen MR) is 133 cm³/mol. The smallest absolute Gasteiger partial charge is 0.249 e. The molecule has 0 unspecified atom stereocenters. The summed E-state index contributed by atoms with van der Waals surface area (Å²) in [6, 6.07) is 17.9. The number of nitrogens with two attached hydrogens (primary N) is 1. The minimum Gasteiger partial charge on any atom is -0.376 e. The van der Waals surface area contributed by atoms with E-state index in [4.69, 9.17) is 20.4 Å². The Labute approximate surface area is 199 Å². The molecular formula is C27H29N5O2. The highest BCUT2D eigenvalue weighted by molar-refractivity contribution is 6.06. The fourth-order valence-corrected chi connectivity index (χ4v) is 4.55. The van der Waals surface area contributed by atoms with E-state index < -0.39 is 5.91 Å². The van der Waals surface area contributed by atoms with Gasteiger partial charge in [-0.05, 0) is 36.1 Å². The lowest BCUT2D eigenvalue weighted by Crippen LogP contribution is -2.19. The van der Waals surface area contributed by atoms with Gasteiger partial charge in [0.25, 0.3) is 0 Å². The number of aromatic nitrogens is 3. The van der Waals surface area contributed by atoms with E-state index in [0.717, 1.165) is 46.5 Å². The van der Waals surface area contributed by atoms with Crippen molar-refractivity contribution >= 4 is 22.6 Å². The molecule has 2 aromatic carbocycles. The van der Waals surface area contributed by atoms with E-state index >= 15 is 0 Å². The zero-order valence-electron chi connectivity index (χ0n) is 19.5. The summed E-state index contributed by atoms with van der Waals surface area (Å²) >= 11 is 0. The van der Waals surface area contributed by atoms with Gasteiger partial charge >= 0.3 is 0 Å². The SMILES string of the molecule is CC(C)Cc1cc2c(C(N)=O)cccc2n1-c1nc2c(c(NCc3ccccc3)n1)COCC2. The van der Waals surface area contributed by atoms with E-state index in [2.05, 4.69) is 41.9 Å². The number of hydrogen-bond acceptors (Lipinski definition) is 5. The highest BCUT2D eigenvalue weighted by atomic mass is 16.5. The summed E-state index contributed by atoms with van der Waals surface area (Å²) in [6.45, 7) is 6.13. The maximum absolute atomic E-state index is 12.1. The Balaban J connectivity index is 1.66. The topological polar surface area (TPSA) is 95.1 Å². The van der Waals surface area contributed by atoms with Crippen LogP contribution in [0.1, 0.15) is 46.7 Å². The molecule has 0 bridgehead atoms. The maximum Gasteiger partial charge on any atom is 0.249 e. The first kappa shape index (κ1) is 22.1. The lowest BCUT2D eigenvalue weighted by molar-refractivity contribution is 0.100. The van der Waals surface area contributed by atoms with E-state index in [9.17, 15) is 4.79 Å². The molecule has 5 rings (SSSR count). The summed E-state index contributed by atoms with van der Waals surface area (Å²) in [4.78, 5) is 22.1. The number of anilines is 1. The standard InChI is InChI=1S/C27H29N5O2/c1-17(2)13-19-14-21-20(25(28)33)9-6-10-24(21)32(19)27-30-23-11-12-34-16-22(23)26(31-27)29-15-18-7-4-3-5-8-18/h3-10,14,17H,11-13,15-16H2,1-2H3,(H2,28,33)(H,29,30,31). The number of primary amides is 1. The first-order chi connectivity index (χ1) is 16.5. The van der Waals surface area contributed by atoms with Crippen molar-refractivity contribution in [2.45, 2.75) is 39.8 Å². The Morgan fingerprint density at radius 2 is 1.97 bits per heavy atom. The fourth-order valence-electron chi connectivity index (χ4n) is 4.55. The van der Waals surface area contributed by atoms with Crippen molar-refractivity contribution < 1.29 is 9.53 Å². The number of rotatable bonds is 7. The van der Waals surface area contributed by atoms with Gasteiger partial charge < -0.3 is 15.8 Å². The Hall–Kier alpha value is -3.71. The number of benzene rings is 2. The summed E-state index contributed by atoms with van der Waals surface area (Å²) in [7, 11) is 0. The van der Waals surface area contributed by atoms with Crippen LogP contribution in [0.4, 0.5) is 5.82 Å². The lowest BCUT2D eigenvalue weighted by atomic mass is 10.1. The molecule has 0 radical (unpaired) electrons. The van der Waals surface area contributed by atoms with Crippen molar-refractivity contribution in [1.29, 1.82) is 0 Å². The van der Waals surface area contributed by atoms with Crippen LogP contribution in [0.25, 0.3) is 16.9 Å². The summed E-state index contributed by atoms with van der Waals surface area (Å²) in [5.41, 5.74) is 11.3. The molecule has 3 N–H and O–H groups in total. The van der Waals surface area contributed by atoms with Crippen molar-refractivity contribution in [3.63, 3.8) is 0 Å². The molecule has 0 spiro atoms. The minimum absolute atomic E-state index is 0.418. The number of nitrogens with zero attached hydrogens (tertiary/aromatic N) is 3. The van der Waals surface area contributed by atoms with Crippen molar-refractivity contribution in [2.24, 2.45) is 11.7 Å². The number of hydrogen-bond donors (Lipinski definition) is 2. The molecule has 0 saturated carbocycles. The fraction of sp³-hybridized carbons (Fsp3) is 0.296. The van der Waals surface area contributed by atoms with Crippen LogP contribution in [0.15, 0.2) is 54.6 Å². The van der Waals surface area contributed by atoms with Gasteiger partial charge in [0, 0.05) is 35.2 Å². The Morgan fingerprint density at radius 1 is 1.15 bits per heavy atom. The molecule has 34 heavy (non-hydrogen) atoms. The second-order valence-corrected chi connectivity index (χ2v) is 9.11. The van der Waals surface area contributed by atoms with Crippen molar-refractivity contribution in [1.82, 2.24) is 14.5 Å². The van der Waals surface area contributed by atoms with Gasteiger partial charge in [0.15, 0.2) is 0 Å². The predicted octanol–water partition coefficient (Wildman–Crippen LogP) is 4.40. The van der Waals surface area contributed by atoms with Crippen LogP contribution >= 0.6 is 0 Å². The molecule has 3 heterocycles. The molecule has 2 aromatic heterocycles. The van der Waals surface area contributed by atoms with Gasteiger partial charge in [-0.3, -0.25) is 9.36 Å². The third kappa shape index (κ3) is 4.26. The Kier molecular flexibility index (Phi) is 6.02. The molecule has 1 aliphatic heterocycles. The zero-order chi connectivity index (χ0) is 23.7. The maximum atomic E-state index is 12.1. The van der Waals surface area contributed by atoms with E-state index in [1.165, 1.54) is 5.56 Å². The average Bonchev–Trinajstić information content (AvgIpc) is 3.20. The van der Waals surface area contributed by atoms with Gasteiger partial charge in [-0.1, -0.05) is 50.2 Å². The van der Waals surface area contributed by atoms with E-state index in [1.807, 2.05) is 30.3 Å². The quantitative estimate of drug-likeness (QED) is 0.431. The molecule has 0 aliphatic carbocycles. The molecule has 0 atom stereocenters. The Morgan fingerprint density at radius 3 is 2.74 bits per heavy atom. The molecule has 7 heteroatoms. The number of nitrogens with one attached hydrogen (secondary N) is 1.